The fourth-order valence-electron chi connectivity index (χ4n) is 4.12. The third kappa shape index (κ3) is 4.30. The smallest absolute Gasteiger partial charge is 0.293 e. The van der Waals surface area contributed by atoms with Gasteiger partial charge in [0.1, 0.15) is 11.5 Å². The maximum absolute atomic E-state index is 13.5. The van der Waals surface area contributed by atoms with Crippen LogP contribution in [-0.2, 0) is 10.0 Å². The summed E-state index contributed by atoms with van der Waals surface area (Å²) in [6.07, 6.45) is 1.95. The summed E-state index contributed by atoms with van der Waals surface area (Å²) in [6.45, 7) is 1.87. The van der Waals surface area contributed by atoms with Crippen molar-refractivity contribution in [2.75, 3.05) is 44.2 Å². The van der Waals surface area contributed by atoms with Gasteiger partial charge in [0.15, 0.2) is 0 Å². The Morgan fingerprint density at radius 3 is 2.28 bits per heavy atom. The van der Waals surface area contributed by atoms with Crippen molar-refractivity contribution in [2.45, 2.75) is 17.7 Å². The normalized spacial score (nSPS) is 17.5. The van der Waals surface area contributed by atoms with E-state index in [2.05, 4.69) is 0 Å². The SMILES string of the molecule is O=C(c1ccc(N2CCCC2)c([N+](=O)[O-])c1)N1CCN(S(=O)(=O)c2cccc(F)c2)CC1. The van der Waals surface area contributed by atoms with E-state index < -0.39 is 20.8 Å². The molecule has 32 heavy (non-hydrogen) atoms. The number of nitrogens with zero attached hydrogens (tertiary/aromatic N) is 4. The first kappa shape index (κ1) is 22.2. The van der Waals surface area contributed by atoms with Crippen molar-refractivity contribution in [3.05, 3.63) is 64.0 Å². The van der Waals surface area contributed by atoms with Gasteiger partial charge in [-0.05, 0) is 43.2 Å². The number of hydrogen-bond donors (Lipinski definition) is 0. The molecule has 2 aromatic carbocycles. The molecular weight excluding hydrogens is 439 g/mol. The van der Waals surface area contributed by atoms with E-state index in [0.717, 1.165) is 32.0 Å². The zero-order valence-corrected chi connectivity index (χ0v) is 18.1. The Morgan fingerprint density at radius 1 is 0.969 bits per heavy atom. The van der Waals surface area contributed by atoms with Gasteiger partial charge in [-0.1, -0.05) is 6.07 Å². The van der Waals surface area contributed by atoms with Crippen LogP contribution in [0.1, 0.15) is 23.2 Å². The van der Waals surface area contributed by atoms with Gasteiger partial charge in [-0.15, -0.1) is 0 Å². The number of halogens is 1. The maximum atomic E-state index is 13.5. The Balaban J connectivity index is 1.47. The number of piperazine rings is 1. The number of carbonyl (C=O) groups is 1. The zero-order valence-electron chi connectivity index (χ0n) is 17.3. The fourth-order valence-corrected chi connectivity index (χ4v) is 5.57. The topological polar surface area (TPSA) is 104 Å². The molecule has 4 rings (SSSR count). The lowest BCUT2D eigenvalue weighted by Crippen LogP contribution is -2.50. The largest absolute Gasteiger partial charge is 0.366 e. The van der Waals surface area contributed by atoms with Crippen molar-refractivity contribution in [2.24, 2.45) is 0 Å². The molecule has 0 aromatic heterocycles. The molecule has 0 aliphatic carbocycles. The molecule has 2 aromatic rings. The number of hydrogen-bond acceptors (Lipinski definition) is 6. The number of amides is 1. The molecule has 2 saturated heterocycles. The highest BCUT2D eigenvalue weighted by molar-refractivity contribution is 7.89. The van der Waals surface area contributed by atoms with Gasteiger partial charge >= 0.3 is 0 Å². The highest BCUT2D eigenvalue weighted by atomic mass is 32.2. The van der Waals surface area contributed by atoms with Crippen LogP contribution in [0.4, 0.5) is 15.8 Å². The summed E-state index contributed by atoms with van der Waals surface area (Å²) in [5, 5.41) is 11.6. The van der Waals surface area contributed by atoms with Crippen molar-refractivity contribution in [1.82, 2.24) is 9.21 Å². The Morgan fingerprint density at radius 2 is 1.66 bits per heavy atom. The second-order valence-electron chi connectivity index (χ2n) is 7.81. The van der Waals surface area contributed by atoms with Gasteiger partial charge in [0, 0.05) is 50.9 Å². The number of anilines is 1. The van der Waals surface area contributed by atoms with Gasteiger partial charge in [-0.3, -0.25) is 14.9 Å². The quantitative estimate of drug-likeness (QED) is 0.500. The third-order valence-corrected chi connectivity index (χ3v) is 7.72. The predicted molar refractivity (Wildman–Crippen MR) is 116 cm³/mol. The second kappa shape index (κ2) is 8.83. The molecule has 170 valence electrons. The first-order chi connectivity index (χ1) is 15.3. The number of benzene rings is 2. The molecule has 0 radical (unpaired) electrons. The molecule has 0 spiro atoms. The van der Waals surface area contributed by atoms with Crippen LogP contribution in [0, 0.1) is 15.9 Å². The minimum atomic E-state index is -3.87. The van der Waals surface area contributed by atoms with Crippen LogP contribution in [-0.4, -0.2) is 67.7 Å². The maximum Gasteiger partial charge on any atom is 0.293 e. The number of carbonyl (C=O) groups excluding carboxylic acids is 1. The molecule has 0 unspecified atom stereocenters. The van der Waals surface area contributed by atoms with Gasteiger partial charge in [-0.25, -0.2) is 12.8 Å². The van der Waals surface area contributed by atoms with Crippen molar-refractivity contribution in [3.63, 3.8) is 0 Å². The van der Waals surface area contributed by atoms with Crippen LogP contribution in [0.3, 0.4) is 0 Å². The summed E-state index contributed by atoms with van der Waals surface area (Å²) in [7, 11) is -3.87. The molecule has 11 heteroatoms. The lowest BCUT2D eigenvalue weighted by molar-refractivity contribution is -0.384. The summed E-state index contributed by atoms with van der Waals surface area (Å²) in [5.74, 6) is -1.03. The van der Waals surface area contributed by atoms with Crippen LogP contribution >= 0.6 is 0 Å². The van der Waals surface area contributed by atoms with E-state index in [1.165, 1.54) is 33.5 Å². The molecule has 1 amide bonds. The molecule has 0 N–H and O–H groups in total. The highest BCUT2D eigenvalue weighted by Crippen LogP contribution is 2.32. The van der Waals surface area contributed by atoms with Crippen molar-refractivity contribution >= 4 is 27.3 Å². The Kier molecular flexibility index (Phi) is 6.11. The summed E-state index contributed by atoms with van der Waals surface area (Å²) < 4.78 is 40.2. The molecule has 0 atom stereocenters. The third-order valence-electron chi connectivity index (χ3n) is 5.83. The van der Waals surface area contributed by atoms with Crippen LogP contribution in [0.2, 0.25) is 0 Å². The van der Waals surface area contributed by atoms with Crippen molar-refractivity contribution in [3.8, 4) is 0 Å². The van der Waals surface area contributed by atoms with E-state index in [1.807, 2.05) is 4.90 Å². The molecule has 2 aliphatic heterocycles. The summed E-state index contributed by atoms with van der Waals surface area (Å²) in [4.78, 5) is 27.4. The van der Waals surface area contributed by atoms with Crippen molar-refractivity contribution in [1.29, 1.82) is 0 Å². The highest BCUT2D eigenvalue weighted by Gasteiger charge is 2.32. The Hall–Kier alpha value is -3.05. The minimum absolute atomic E-state index is 0.0541. The second-order valence-corrected chi connectivity index (χ2v) is 9.75. The van der Waals surface area contributed by atoms with Gasteiger partial charge < -0.3 is 9.80 Å². The van der Waals surface area contributed by atoms with Gasteiger partial charge in [0.2, 0.25) is 10.0 Å². The van der Waals surface area contributed by atoms with E-state index >= 15 is 0 Å². The first-order valence-electron chi connectivity index (χ1n) is 10.4. The lowest BCUT2D eigenvalue weighted by atomic mass is 10.1. The Bertz CT molecular complexity index is 1140. The number of rotatable bonds is 5. The molecule has 9 nitrogen and oxygen atoms in total. The molecule has 2 aliphatic rings. The monoisotopic (exact) mass is 462 g/mol. The summed E-state index contributed by atoms with van der Waals surface area (Å²) in [5.41, 5.74) is 0.598. The Labute approximate surface area is 185 Å². The average molecular weight is 463 g/mol. The lowest BCUT2D eigenvalue weighted by Gasteiger charge is -2.34. The summed E-state index contributed by atoms with van der Waals surface area (Å²) in [6, 6.07) is 9.29. The van der Waals surface area contributed by atoms with E-state index in [9.17, 15) is 27.7 Å². The van der Waals surface area contributed by atoms with E-state index in [4.69, 9.17) is 0 Å². The van der Waals surface area contributed by atoms with E-state index in [0.29, 0.717) is 5.69 Å². The van der Waals surface area contributed by atoms with Gasteiger partial charge in [0.25, 0.3) is 11.6 Å². The molecule has 0 saturated carbocycles. The van der Waals surface area contributed by atoms with Gasteiger partial charge in [-0.2, -0.15) is 4.31 Å². The average Bonchev–Trinajstić information content (AvgIpc) is 3.33. The summed E-state index contributed by atoms with van der Waals surface area (Å²) >= 11 is 0. The standard InChI is InChI=1S/C21H23FN4O5S/c22-17-4-3-5-18(15-17)32(30,31)25-12-10-24(11-13-25)21(27)16-6-7-19(20(14-16)26(28)29)23-8-1-2-9-23/h3-7,14-15H,1-2,8-13H2. The van der Waals surface area contributed by atoms with Gasteiger partial charge in [0.05, 0.1) is 9.82 Å². The molecule has 2 fully saturated rings. The predicted octanol–water partition coefficient (Wildman–Crippen LogP) is 2.48. The number of nitro benzene ring substituents is 1. The number of sulfonamides is 1. The molecular formula is C21H23FN4O5S. The van der Waals surface area contributed by atoms with Crippen LogP contribution < -0.4 is 4.90 Å². The fraction of sp³-hybridized carbons (Fsp3) is 0.381. The van der Waals surface area contributed by atoms with E-state index in [-0.39, 0.29) is 48.2 Å². The molecule has 2 heterocycles. The molecule has 0 bridgehead atoms. The van der Waals surface area contributed by atoms with E-state index in [1.54, 1.807) is 12.1 Å². The van der Waals surface area contributed by atoms with Crippen LogP contribution in [0.25, 0.3) is 0 Å². The van der Waals surface area contributed by atoms with Crippen molar-refractivity contribution < 1.29 is 22.5 Å². The minimum Gasteiger partial charge on any atom is -0.366 e. The first-order valence-corrected chi connectivity index (χ1v) is 11.8. The van der Waals surface area contributed by atoms with Crippen LogP contribution in [0.5, 0.6) is 0 Å². The zero-order chi connectivity index (χ0) is 22.9. The van der Waals surface area contributed by atoms with Crippen LogP contribution in [0.15, 0.2) is 47.4 Å². The number of nitro groups is 1.